The average Bonchev–Trinajstić information content (AvgIpc) is 3.07. The smallest absolute Gasteiger partial charge is 0.331 e. The highest BCUT2D eigenvalue weighted by atomic mass is 16.4. The first-order chi connectivity index (χ1) is 10.1. The zero-order chi connectivity index (χ0) is 15.2. The molecule has 21 heavy (non-hydrogen) atoms. The summed E-state index contributed by atoms with van der Waals surface area (Å²) in [4.78, 5) is 29.9. The molecular formula is C12H16N6O3. The molecule has 0 fully saturated rings. The van der Waals surface area contributed by atoms with Gasteiger partial charge in [0, 0.05) is 44.2 Å². The molecule has 0 aliphatic rings. The molecule has 0 aromatic carbocycles. The van der Waals surface area contributed by atoms with Crippen molar-refractivity contribution in [2.45, 2.75) is 12.5 Å². The lowest BCUT2D eigenvalue weighted by atomic mass is 10.1. The minimum atomic E-state index is -1.15. The molecule has 0 spiro atoms. The number of urea groups is 1. The highest BCUT2D eigenvalue weighted by Crippen LogP contribution is 2.11. The third-order valence-electron chi connectivity index (χ3n) is 2.78. The Hall–Kier alpha value is -2.84. The molecule has 1 atom stereocenters. The molecule has 0 aliphatic carbocycles. The molecule has 0 saturated heterocycles. The quantitative estimate of drug-likeness (QED) is 0.587. The summed E-state index contributed by atoms with van der Waals surface area (Å²) in [6, 6.07) is -1.69. The molecule has 0 saturated carbocycles. The van der Waals surface area contributed by atoms with E-state index in [4.69, 9.17) is 5.11 Å². The maximum Gasteiger partial charge on any atom is 0.331 e. The molecule has 0 radical (unpaired) electrons. The van der Waals surface area contributed by atoms with Crippen molar-refractivity contribution in [2.75, 3.05) is 6.54 Å². The fourth-order valence-corrected chi connectivity index (χ4v) is 1.79. The maximum atomic E-state index is 11.7. The van der Waals surface area contributed by atoms with Crippen LogP contribution in [0.1, 0.15) is 17.4 Å². The van der Waals surface area contributed by atoms with Crippen molar-refractivity contribution in [1.29, 1.82) is 0 Å². The molecule has 2 amide bonds. The van der Waals surface area contributed by atoms with Crippen molar-refractivity contribution in [3.8, 4) is 0 Å². The van der Waals surface area contributed by atoms with E-state index in [1.807, 2.05) is 0 Å². The van der Waals surface area contributed by atoms with Crippen LogP contribution < -0.4 is 10.6 Å². The van der Waals surface area contributed by atoms with Crippen LogP contribution in [0.2, 0.25) is 0 Å². The number of aromatic amines is 1. The third-order valence-corrected chi connectivity index (χ3v) is 2.78. The van der Waals surface area contributed by atoms with Gasteiger partial charge in [0.1, 0.15) is 5.82 Å². The maximum absolute atomic E-state index is 11.7. The molecule has 2 rings (SSSR count). The number of carbonyl (C=O) groups is 2. The van der Waals surface area contributed by atoms with Gasteiger partial charge in [-0.3, -0.25) is 4.68 Å². The van der Waals surface area contributed by atoms with Crippen LogP contribution in [0.3, 0.4) is 0 Å². The Morgan fingerprint density at radius 3 is 2.90 bits per heavy atom. The summed E-state index contributed by atoms with van der Waals surface area (Å²) < 4.78 is 1.47. The fourth-order valence-electron chi connectivity index (χ4n) is 1.79. The largest absolute Gasteiger partial charge is 0.479 e. The van der Waals surface area contributed by atoms with Gasteiger partial charge in [-0.15, -0.1) is 0 Å². The van der Waals surface area contributed by atoms with E-state index in [9.17, 15) is 9.59 Å². The zero-order valence-electron chi connectivity index (χ0n) is 11.4. The Labute approximate surface area is 120 Å². The molecular weight excluding hydrogens is 276 g/mol. The summed E-state index contributed by atoms with van der Waals surface area (Å²) in [5.41, 5.74) is 0.409. The monoisotopic (exact) mass is 292 g/mol. The van der Waals surface area contributed by atoms with Crippen molar-refractivity contribution in [3.63, 3.8) is 0 Å². The summed E-state index contributed by atoms with van der Waals surface area (Å²) in [6.07, 6.45) is 6.80. The van der Waals surface area contributed by atoms with Gasteiger partial charge in [-0.2, -0.15) is 5.10 Å². The predicted octanol–water partition coefficient (Wildman–Crippen LogP) is -0.189. The molecule has 0 bridgehead atoms. The number of nitrogens with zero attached hydrogens (tertiary/aromatic N) is 3. The van der Waals surface area contributed by atoms with Crippen molar-refractivity contribution in [3.05, 3.63) is 36.2 Å². The second kappa shape index (κ2) is 6.55. The highest BCUT2D eigenvalue weighted by Gasteiger charge is 2.23. The third kappa shape index (κ3) is 4.06. The van der Waals surface area contributed by atoms with E-state index in [1.165, 1.54) is 10.9 Å². The zero-order valence-corrected chi connectivity index (χ0v) is 11.4. The number of aromatic nitrogens is 4. The second-order valence-electron chi connectivity index (χ2n) is 4.40. The molecule has 9 heteroatoms. The van der Waals surface area contributed by atoms with E-state index in [0.717, 1.165) is 5.82 Å². The molecule has 9 nitrogen and oxygen atoms in total. The minimum Gasteiger partial charge on any atom is -0.479 e. The number of rotatable bonds is 6. The van der Waals surface area contributed by atoms with Gasteiger partial charge in [-0.05, 0) is 0 Å². The number of carboxylic acids is 1. The Morgan fingerprint density at radius 2 is 2.33 bits per heavy atom. The van der Waals surface area contributed by atoms with Crippen LogP contribution in [0.4, 0.5) is 4.79 Å². The first kappa shape index (κ1) is 14.6. The molecule has 112 valence electrons. The standard InChI is InChI=1S/C12H16N6O3/c1-18-7-8(6-16-18)10(11(19)20)17-12(21)15-3-2-9-13-4-5-14-9/h4-7,10H,2-3H2,1H3,(H,13,14)(H,19,20)(H2,15,17,21). The normalized spacial score (nSPS) is 11.9. The first-order valence-electron chi connectivity index (χ1n) is 6.30. The summed E-state index contributed by atoms with van der Waals surface area (Å²) in [6.45, 7) is 0.346. The van der Waals surface area contributed by atoms with Gasteiger partial charge in [0.2, 0.25) is 0 Å². The molecule has 4 N–H and O–H groups in total. The Kier molecular flexibility index (Phi) is 4.54. The first-order valence-corrected chi connectivity index (χ1v) is 6.30. The van der Waals surface area contributed by atoms with Crippen LogP contribution >= 0.6 is 0 Å². The number of H-pyrrole nitrogens is 1. The van der Waals surface area contributed by atoms with Crippen molar-refractivity contribution in [1.82, 2.24) is 30.4 Å². The van der Waals surface area contributed by atoms with Gasteiger partial charge in [0.15, 0.2) is 6.04 Å². The number of aliphatic carboxylic acids is 1. The lowest BCUT2D eigenvalue weighted by molar-refractivity contribution is -0.139. The molecule has 2 heterocycles. The topological polar surface area (TPSA) is 125 Å². The van der Waals surface area contributed by atoms with Gasteiger partial charge >= 0.3 is 12.0 Å². The van der Waals surface area contributed by atoms with Crippen molar-refractivity contribution >= 4 is 12.0 Å². The summed E-state index contributed by atoms with van der Waals surface area (Å²) >= 11 is 0. The number of amides is 2. The SMILES string of the molecule is Cn1cc(C(NC(=O)NCCc2ncc[nH]2)C(=O)O)cn1. The van der Waals surface area contributed by atoms with E-state index in [2.05, 4.69) is 25.7 Å². The van der Waals surface area contributed by atoms with E-state index < -0.39 is 18.0 Å². The van der Waals surface area contributed by atoms with Crippen LogP contribution in [0.5, 0.6) is 0 Å². The van der Waals surface area contributed by atoms with Crippen LogP contribution in [-0.2, 0) is 18.3 Å². The van der Waals surface area contributed by atoms with E-state index in [0.29, 0.717) is 18.5 Å². The summed E-state index contributed by atoms with van der Waals surface area (Å²) in [5, 5.41) is 18.0. The van der Waals surface area contributed by atoms with Gasteiger partial charge in [-0.1, -0.05) is 0 Å². The van der Waals surface area contributed by atoms with Crippen LogP contribution in [-0.4, -0.2) is 43.4 Å². The van der Waals surface area contributed by atoms with Crippen LogP contribution in [0.25, 0.3) is 0 Å². The number of aryl methyl sites for hydroxylation is 1. The Bertz CT molecular complexity index is 606. The highest BCUT2D eigenvalue weighted by molar-refractivity contribution is 5.83. The molecule has 1 unspecified atom stereocenters. The van der Waals surface area contributed by atoms with E-state index in [1.54, 1.807) is 25.6 Å². The average molecular weight is 292 g/mol. The number of carboxylic acid groups (broad SMARTS) is 1. The van der Waals surface area contributed by atoms with E-state index >= 15 is 0 Å². The lowest BCUT2D eigenvalue weighted by Crippen LogP contribution is -2.41. The molecule has 2 aromatic rings. The van der Waals surface area contributed by atoms with Crippen LogP contribution in [0.15, 0.2) is 24.8 Å². The number of imidazole rings is 1. The minimum absolute atomic E-state index is 0.346. The lowest BCUT2D eigenvalue weighted by Gasteiger charge is -2.13. The fraction of sp³-hybridized carbons (Fsp3) is 0.333. The van der Waals surface area contributed by atoms with Gasteiger partial charge < -0.3 is 20.7 Å². The Morgan fingerprint density at radius 1 is 1.52 bits per heavy atom. The molecule has 2 aromatic heterocycles. The van der Waals surface area contributed by atoms with Gasteiger partial charge in [0.25, 0.3) is 0 Å². The predicted molar refractivity (Wildman–Crippen MR) is 72.4 cm³/mol. The summed E-state index contributed by atoms with van der Waals surface area (Å²) in [7, 11) is 1.67. The van der Waals surface area contributed by atoms with E-state index in [-0.39, 0.29) is 0 Å². The second-order valence-corrected chi connectivity index (χ2v) is 4.40. The van der Waals surface area contributed by atoms with Crippen molar-refractivity contribution < 1.29 is 14.7 Å². The van der Waals surface area contributed by atoms with Gasteiger partial charge in [-0.25, -0.2) is 14.6 Å². The number of nitrogens with one attached hydrogen (secondary N) is 3. The number of hydrogen-bond donors (Lipinski definition) is 4. The number of carbonyl (C=O) groups excluding carboxylic acids is 1. The summed E-state index contributed by atoms with van der Waals surface area (Å²) in [5.74, 6) is -0.401. The molecule has 0 aliphatic heterocycles. The number of hydrogen-bond acceptors (Lipinski definition) is 4. The van der Waals surface area contributed by atoms with Gasteiger partial charge in [0.05, 0.1) is 6.20 Å². The Balaban J connectivity index is 1.85. The van der Waals surface area contributed by atoms with Crippen molar-refractivity contribution in [2.24, 2.45) is 7.05 Å². The van der Waals surface area contributed by atoms with Crippen LogP contribution in [0, 0.1) is 0 Å².